The van der Waals surface area contributed by atoms with E-state index in [1.165, 1.54) is 12.5 Å². The third-order valence-corrected chi connectivity index (χ3v) is 0.435. The minimum absolute atomic E-state index is 0.850. The number of rotatable bonds is 0. The Kier molecular flexibility index (Phi) is 2.96. The molecule has 0 radical (unpaired) electrons. The second-order valence-corrected chi connectivity index (χ2v) is 1.05. The smallest absolute Gasteiger partial charge is 0.438 e. The van der Waals surface area contributed by atoms with E-state index in [4.69, 9.17) is 5.11 Å². The zero-order valence-corrected chi connectivity index (χ0v) is 4.67. The molecule has 0 atom stereocenters. The van der Waals surface area contributed by atoms with E-state index in [0.717, 1.165) is 0 Å². The Morgan fingerprint density at radius 1 is 1.56 bits per heavy atom. The van der Waals surface area contributed by atoms with E-state index in [1.54, 1.807) is 0 Å². The second kappa shape index (κ2) is 3.53. The first kappa shape index (κ1) is 7.54. The molecule has 0 heterocycles. The lowest BCUT2D eigenvalue weighted by Gasteiger charge is -1.98. The minimum atomic E-state index is -1.42. The first-order valence-corrected chi connectivity index (χ1v) is 2.04. The summed E-state index contributed by atoms with van der Waals surface area (Å²) in [5, 5.41) is 9.88. The Bertz CT molecular complexity index is 123. The van der Waals surface area contributed by atoms with Gasteiger partial charge in [-0.15, -0.1) is 5.48 Å². The summed E-state index contributed by atoms with van der Waals surface area (Å²) >= 11 is 0. The predicted molar refractivity (Wildman–Crippen MR) is 26.7 cm³/mol. The summed E-state index contributed by atoms with van der Waals surface area (Å²) in [6.45, 7) is 0. The highest BCUT2D eigenvalue weighted by molar-refractivity contribution is 5.70. The molecule has 2 amide bonds. The van der Waals surface area contributed by atoms with Crippen LogP contribution in [0.2, 0.25) is 0 Å². The van der Waals surface area contributed by atoms with E-state index in [-0.39, 0.29) is 0 Å². The summed E-state index contributed by atoms with van der Waals surface area (Å²) in [4.78, 5) is 23.5. The first-order chi connectivity index (χ1) is 4.16. The molecule has 0 unspecified atom stereocenters. The van der Waals surface area contributed by atoms with Crippen molar-refractivity contribution in [2.75, 3.05) is 7.05 Å². The van der Waals surface area contributed by atoms with Crippen molar-refractivity contribution in [2.24, 2.45) is 0 Å². The van der Waals surface area contributed by atoms with E-state index in [1.807, 2.05) is 5.32 Å². The fourth-order valence-electron chi connectivity index (χ4n) is 0.141. The average Bonchev–Trinajstić information content (AvgIpc) is 1.83. The average molecular weight is 134 g/mol. The van der Waals surface area contributed by atoms with Gasteiger partial charge in [0.15, 0.2) is 0 Å². The third kappa shape index (κ3) is 4.39. The van der Waals surface area contributed by atoms with Crippen molar-refractivity contribution in [2.45, 2.75) is 0 Å². The molecule has 3 N–H and O–H groups in total. The van der Waals surface area contributed by atoms with Crippen LogP contribution in [0.5, 0.6) is 0 Å². The topological polar surface area (TPSA) is 87.7 Å². The van der Waals surface area contributed by atoms with Crippen LogP contribution in [-0.2, 0) is 4.84 Å². The van der Waals surface area contributed by atoms with E-state index >= 15 is 0 Å². The molecule has 6 nitrogen and oxygen atoms in total. The minimum Gasteiger partial charge on any atom is -0.463 e. The van der Waals surface area contributed by atoms with Gasteiger partial charge in [0.1, 0.15) is 0 Å². The van der Waals surface area contributed by atoms with Gasteiger partial charge in [-0.05, 0) is 0 Å². The Morgan fingerprint density at radius 3 is 2.44 bits per heavy atom. The van der Waals surface area contributed by atoms with Gasteiger partial charge in [0.25, 0.3) is 0 Å². The molecule has 0 bridgehead atoms. The fraction of sp³-hybridized carbons (Fsp3) is 0.333. The van der Waals surface area contributed by atoms with Gasteiger partial charge in [-0.2, -0.15) is 0 Å². The molecule has 9 heavy (non-hydrogen) atoms. The molecule has 0 aromatic carbocycles. The maximum atomic E-state index is 10.1. The molecule has 6 heteroatoms. The fourth-order valence-corrected chi connectivity index (χ4v) is 0.141. The zero-order valence-electron chi connectivity index (χ0n) is 4.67. The molecule has 0 saturated heterocycles. The van der Waals surface area contributed by atoms with Crippen LogP contribution in [0.1, 0.15) is 0 Å². The summed E-state index contributed by atoms with van der Waals surface area (Å²) in [7, 11) is 1.31. The molecule has 0 aliphatic carbocycles. The summed E-state index contributed by atoms with van der Waals surface area (Å²) in [6.07, 6.45) is -2.27. The van der Waals surface area contributed by atoms with Gasteiger partial charge < -0.3 is 15.3 Å². The molecule has 0 rings (SSSR count). The van der Waals surface area contributed by atoms with Crippen molar-refractivity contribution in [3.8, 4) is 0 Å². The number of amides is 2. The number of hydrogen-bond donors (Lipinski definition) is 3. The van der Waals surface area contributed by atoms with Gasteiger partial charge in [0.2, 0.25) is 0 Å². The van der Waals surface area contributed by atoms with Gasteiger partial charge in [-0.3, -0.25) is 0 Å². The molecule has 0 aromatic heterocycles. The normalized spacial score (nSPS) is 7.67. The van der Waals surface area contributed by atoms with Gasteiger partial charge in [0, 0.05) is 7.05 Å². The zero-order chi connectivity index (χ0) is 7.28. The lowest BCUT2D eigenvalue weighted by Crippen LogP contribution is -2.30. The maximum absolute atomic E-state index is 10.1. The largest absolute Gasteiger partial charge is 0.463 e. The van der Waals surface area contributed by atoms with Crippen molar-refractivity contribution in [3.63, 3.8) is 0 Å². The quantitative estimate of drug-likeness (QED) is 0.390. The lowest BCUT2D eigenvalue weighted by molar-refractivity contribution is 0.0825. The highest BCUT2D eigenvalue weighted by Gasteiger charge is 1.98. The Balaban J connectivity index is 3.28. The highest BCUT2D eigenvalue weighted by atomic mass is 16.7. The second-order valence-electron chi connectivity index (χ2n) is 1.05. The number of carboxylic acid groups (broad SMARTS) is 1. The monoisotopic (exact) mass is 134 g/mol. The van der Waals surface area contributed by atoms with Crippen molar-refractivity contribution < 1.29 is 19.5 Å². The Hall–Kier alpha value is -1.46. The molecule has 0 aliphatic rings. The van der Waals surface area contributed by atoms with Gasteiger partial charge in [0.05, 0.1) is 0 Å². The Labute approximate surface area is 50.8 Å². The number of hydrogen-bond acceptors (Lipinski definition) is 3. The van der Waals surface area contributed by atoms with Crippen LogP contribution in [0.3, 0.4) is 0 Å². The van der Waals surface area contributed by atoms with Crippen molar-refractivity contribution >= 4 is 12.2 Å². The van der Waals surface area contributed by atoms with Gasteiger partial charge >= 0.3 is 12.2 Å². The Morgan fingerprint density at radius 2 is 2.11 bits per heavy atom. The van der Waals surface area contributed by atoms with E-state index in [9.17, 15) is 9.59 Å². The summed E-state index contributed by atoms with van der Waals surface area (Å²) in [6, 6.07) is 0. The van der Waals surface area contributed by atoms with E-state index in [2.05, 4.69) is 4.84 Å². The van der Waals surface area contributed by atoms with Gasteiger partial charge in [-0.25, -0.2) is 9.59 Å². The molecular formula is C3H6N2O4. The summed E-state index contributed by atoms with van der Waals surface area (Å²) < 4.78 is 0. The van der Waals surface area contributed by atoms with Crippen molar-refractivity contribution in [3.05, 3.63) is 0 Å². The van der Waals surface area contributed by atoms with Crippen LogP contribution in [0.15, 0.2) is 0 Å². The molecule has 52 valence electrons. The van der Waals surface area contributed by atoms with Crippen LogP contribution < -0.4 is 10.8 Å². The summed E-state index contributed by atoms with van der Waals surface area (Å²) in [5.74, 6) is 0. The predicted octanol–water partition coefficient (Wildman–Crippen LogP) is -0.475. The molecule has 0 aromatic rings. The number of hydroxylamine groups is 1. The molecule has 0 spiro atoms. The number of carbonyl (C=O) groups excluding carboxylic acids is 1. The third-order valence-electron chi connectivity index (χ3n) is 0.435. The molecule has 0 saturated carbocycles. The van der Waals surface area contributed by atoms with Gasteiger partial charge in [-0.1, -0.05) is 0 Å². The van der Waals surface area contributed by atoms with Crippen molar-refractivity contribution in [1.82, 2.24) is 10.8 Å². The lowest BCUT2D eigenvalue weighted by atomic mass is 11.1. The van der Waals surface area contributed by atoms with Crippen LogP contribution in [-0.4, -0.2) is 24.3 Å². The standard InChI is InChI=1S/C3H6N2O4/c1-4-3(8)9-5-2(6)7/h5H,1H3,(H,4,8)(H,6,7). The van der Waals surface area contributed by atoms with E-state index < -0.39 is 12.2 Å². The maximum Gasteiger partial charge on any atom is 0.438 e. The van der Waals surface area contributed by atoms with Crippen LogP contribution in [0.4, 0.5) is 9.59 Å². The SMILES string of the molecule is CNC(=O)ONC(=O)O. The van der Waals surface area contributed by atoms with Crippen LogP contribution in [0.25, 0.3) is 0 Å². The highest BCUT2D eigenvalue weighted by Crippen LogP contribution is 1.67. The molecule has 0 fully saturated rings. The van der Waals surface area contributed by atoms with Crippen LogP contribution >= 0.6 is 0 Å². The number of nitrogens with one attached hydrogen (secondary N) is 2. The van der Waals surface area contributed by atoms with Crippen LogP contribution in [0, 0.1) is 0 Å². The summed E-state index contributed by atoms with van der Waals surface area (Å²) in [5.41, 5.74) is 1.40. The molecule has 0 aliphatic heterocycles. The van der Waals surface area contributed by atoms with Crippen molar-refractivity contribution in [1.29, 1.82) is 0 Å². The molecular weight excluding hydrogens is 128 g/mol. The first-order valence-electron chi connectivity index (χ1n) is 2.04. The number of carbonyl (C=O) groups is 2. The van der Waals surface area contributed by atoms with E-state index in [0.29, 0.717) is 0 Å².